The summed E-state index contributed by atoms with van der Waals surface area (Å²) < 4.78 is 0. The average Bonchev–Trinajstić information content (AvgIpc) is 2.04. The number of hydrogen-bond acceptors (Lipinski definition) is 2. The molecule has 66 valence electrons. The Morgan fingerprint density at radius 1 is 1.36 bits per heavy atom. The summed E-state index contributed by atoms with van der Waals surface area (Å²) in [6.07, 6.45) is 2.20. The third-order valence-electron chi connectivity index (χ3n) is 2.41. The number of hydrogen-bond donors (Lipinski definition) is 1. The number of nitrogens with zero attached hydrogens (tertiary/aromatic N) is 1. The fraction of sp³-hybridized carbons (Fsp3) is 0.875. The minimum atomic E-state index is 0. The summed E-state index contributed by atoms with van der Waals surface area (Å²) in [6, 6.07) is 0. The fourth-order valence-corrected chi connectivity index (χ4v) is 1.18. The predicted molar refractivity (Wildman–Crippen MR) is 51.3 cm³/mol. The average molecular weight is 177 g/mol. The SMILES string of the molecule is CC1CCC(N)=NCC1C.Cl. The molecule has 1 aliphatic heterocycles. The van der Waals surface area contributed by atoms with E-state index < -0.39 is 0 Å². The van der Waals surface area contributed by atoms with Gasteiger partial charge >= 0.3 is 0 Å². The molecule has 2 nitrogen and oxygen atoms in total. The van der Waals surface area contributed by atoms with Gasteiger partial charge in [-0.2, -0.15) is 0 Å². The normalized spacial score (nSPS) is 31.6. The quantitative estimate of drug-likeness (QED) is 0.601. The molecule has 1 heterocycles. The topological polar surface area (TPSA) is 38.4 Å². The molecule has 0 bridgehead atoms. The van der Waals surface area contributed by atoms with Crippen LogP contribution in [0.5, 0.6) is 0 Å². The van der Waals surface area contributed by atoms with Crippen molar-refractivity contribution in [2.24, 2.45) is 22.6 Å². The Hall–Kier alpha value is -0.240. The van der Waals surface area contributed by atoms with E-state index in [1.165, 1.54) is 6.42 Å². The van der Waals surface area contributed by atoms with Gasteiger partial charge in [-0.25, -0.2) is 0 Å². The Bertz CT molecular complexity index is 145. The third kappa shape index (κ3) is 3.10. The Balaban J connectivity index is 0.000001000. The molecular formula is C8H17ClN2. The Kier molecular flexibility index (Phi) is 4.50. The summed E-state index contributed by atoms with van der Waals surface area (Å²) in [5.74, 6) is 2.34. The Labute approximate surface area is 74.7 Å². The maximum Gasteiger partial charge on any atom is 0.0937 e. The summed E-state index contributed by atoms with van der Waals surface area (Å²) >= 11 is 0. The molecule has 0 saturated carbocycles. The van der Waals surface area contributed by atoms with Gasteiger partial charge in [0.25, 0.3) is 0 Å². The highest BCUT2D eigenvalue weighted by atomic mass is 35.5. The number of aliphatic imine (C=N–C) groups is 1. The number of halogens is 1. The number of rotatable bonds is 0. The summed E-state index contributed by atoms with van der Waals surface area (Å²) in [6.45, 7) is 5.44. The van der Waals surface area contributed by atoms with Crippen molar-refractivity contribution in [2.75, 3.05) is 6.54 Å². The first kappa shape index (κ1) is 10.8. The first-order valence-electron chi connectivity index (χ1n) is 3.99. The molecular weight excluding hydrogens is 160 g/mol. The van der Waals surface area contributed by atoms with E-state index in [0.29, 0.717) is 5.92 Å². The van der Waals surface area contributed by atoms with Crippen molar-refractivity contribution in [2.45, 2.75) is 26.7 Å². The maximum atomic E-state index is 5.61. The van der Waals surface area contributed by atoms with Crippen molar-refractivity contribution in [3.8, 4) is 0 Å². The second-order valence-electron chi connectivity index (χ2n) is 3.33. The largest absolute Gasteiger partial charge is 0.387 e. The van der Waals surface area contributed by atoms with Crippen molar-refractivity contribution < 1.29 is 0 Å². The van der Waals surface area contributed by atoms with Crippen molar-refractivity contribution in [3.05, 3.63) is 0 Å². The minimum Gasteiger partial charge on any atom is -0.387 e. The zero-order valence-corrected chi connectivity index (χ0v) is 8.03. The maximum absolute atomic E-state index is 5.61. The van der Waals surface area contributed by atoms with Crippen molar-refractivity contribution in [1.82, 2.24) is 0 Å². The molecule has 2 unspecified atom stereocenters. The summed E-state index contributed by atoms with van der Waals surface area (Å²) in [5, 5.41) is 0. The van der Waals surface area contributed by atoms with Crippen LogP contribution in [0.4, 0.5) is 0 Å². The smallest absolute Gasteiger partial charge is 0.0937 e. The lowest BCUT2D eigenvalue weighted by atomic mass is 9.93. The van der Waals surface area contributed by atoms with Gasteiger partial charge in [-0.3, -0.25) is 4.99 Å². The van der Waals surface area contributed by atoms with Crippen LogP contribution in [0, 0.1) is 11.8 Å². The standard InChI is InChI=1S/C8H16N2.ClH/c1-6-3-4-8(9)10-5-7(6)2;/h6-7H,3-5H2,1-2H3,(H2,9,10);1H. The van der Waals surface area contributed by atoms with E-state index in [1.54, 1.807) is 0 Å². The molecule has 0 saturated heterocycles. The van der Waals surface area contributed by atoms with Gasteiger partial charge in [0.05, 0.1) is 5.84 Å². The van der Waals surface area contributed by atoms with Crippen molar-refractivity contribution in [1.29, 1.82) is 0 Å². The van der Waals surface area contributed by atoms with E-state index in [-0.39, 0.29) is 12.4 Å². The summed E-state index contributed by atoms with van der Waals surface area (Å²) in [4.78, 5) is 4.25. The number of amidine groups is 1. The van der Waals surface area contributed by atoms with Crippen molar-refractivity contribution >= 4 is 18.2 Å². The van der Waals surface area contributed by atoms with E-state index in [9.17, 15) is 0 Å². The summed E-state index contributed by atoms with van der Waals surface area (Å²) in [5.41, 5.74) is 5.61. The van der Waals surface area contributed by atoms with Gasteiger partial charge in [-0.05, 0) is 18.3 Å². The number of nitrogens with two attached hydrogens (primary N) is 1. The van der Waals surface area contributed by atoms with E-state index in [0.717, 1.165) is 24.7 Å². The molecule has 0 aliphatic carbocycles. The summed E-state index contributed by atoms with van der Waals surface area (Å²) in [7, 11) is 0. The van der Waals surface area contributed by atoms with Gasteiger partial charge in [0, 0.05) is 13.0 Å². The minimum absolute atomic E-state index is 0. The van der Waals surface area contributed by atoms with Crippen LogP contribution in [0.2, 0.25) is 0 Å². The van der Waals surface area contributed by atoms with Crippen LogP contribution in [-0.4, -0.2) is 12.4 Å². The van der Waals surface area contributed by atoms with Crippen LogP contribution in [0.25, 0.3) is 0 Å². The van der Waals surface area contributed by atoms with Crippen LogP contribution < -0.4 is 5.73 Å². The molecule has 3 heteroatoms. The van der Waals surface area contributed by atoms with E-state index in [2.05, 4.69) is 18.8 Å². The first-order valence-corrected chi connectivity index (χ1v) is 3.99. The van der Waals surface area contributed by atoms with Gasteiger partial charge in [0.1, 0.15) is 0 Å². The van der Waals surface area contributed by atoms with Gasteiger partial charge < -0.3 is 5.73 Å². The fourth-order valence-electron chi connectivity index (χ4n) is 1.18. The van der Waals surface area contributed by atoms with Crippen LogP contribution in [0.15, 0.2) is 4.99 Å². The van der Waals surface area contributed by atoms with Gasteiger partial charge in [-0.1, -0.05) is 13.8 Å². The third-order valence-corrected chi connectivity index (χ3v) is 2.41. The van der Waals surface area contributed by atoms with E-state index in [1.807, 2.05) is 0 Å². The van der Waals surface area contributed by atoms with Crippen LogP contribution >= 0.6 is 12.4 Å². The van der Waals surface area contributed by atoms with E-state index in [4.69, 9.17) is 5.73 Å². The molecule has 2 N–H and O–H groups in total. The van der Waals surface area contributed by atoms with Gasteiger partial charge in [0.15, 0.2) is 0 Å². The first-order chi connectivity index (χ1) is 4.70. The molecule has 0 aromatic rings. The molecule has 11 heavy (non-hydrogen) atoms. The van der Waals surface area contributed by atoms with Crippen LogP contribution in [0.3, 0.4) is 0 Å². The highest BCUT2D eigenvalue weighted by Crippen LogP contribution is 2.19. The van der Waals surface area contributed by atoms with Crippen LogP contribution in [-0.2, 0) is 0 Å². The highest BCUT2D eigenvalue weighted by Gasteiger charge is 2.14. The van der Waals surface area contributed by atoms with Crippen LogP contribution in [0.1, 0.15) is 26.7 Å². The predicted octanol–water partition coefficient (Wildman–Crippen LogP) is 1.83. The molecule has 1 rings (SSSR count). The lowest BCUT2D eigenvalue weighted by molar-refractivity contribution is 0.388. The molecule has 0 fully saturated rings. The second kappa shape index (κ2) is 4.60. The molecule has 0 aromatic heterocycles. The second-order valence-corrected chi connectivity index (χ2v) is 3.33. The molecule has 0 amide bonds. The van der Waals surface area contributed by atoms with Gasteiger partial charge in [-0.15, -0.1) is 12.4 Å². The molecule has 1 aliphatic rings. The van der Waals surface area contributed by atoms with E-state index >= 15 is 0 Å². The Morgan fingerprint density at radius 3 is 2.64 bits per heavy atom. The lowest BCUT2D eigenvalue weighted by Crippen LogP contribution is -2.10. The molecule has 0 aromatic carbocycles. The molecule has 2 atom stereocenters. The molecule has 0 radical (unpaired) electrons. The van der Waals surface area contributed by atoms with Crippen molar-refractivity contribution in [3.63, 3.8) is 0 Å². The van der Waals surface area contributed by atoms with Gasteiger partial charge in [0.2, 0.25) is 0 Å². The molecule has 0 spiro atoms. The zero-order chi connectivity index (χ0) is 7.56. The lowest BCUT2D eigenvalue weighted by Gasteiger charge is -2.13. The zero-order valence-electron chi connectivity index (χ0n) is 7.21. The Morgan fingerprint density at radius 2 is 2.00 bits per heavy atom. The highest BCUT2D eigenvalue weighted by molar-refractivity contribution is 5.85. The monoisotopic (exact) mass is 176 g/mol.